The van der Waals surface area contributed by atoms with E-state index in [4.69, 9.17) is 20.8 Å². The summed E-state index contributed by atoms with van der Waals surface area (Å²) in [7, 11) is 0. The third kappa shape index (κ3) is 5.57. The summed E-state index contributed by atoms with van der Waals surface area (Å²) in [5.41, 5.74) is 4.37. The highest BCUT2D eigenvalue weighted by Crippen LogP contribution is 2.27. The monoisotopic (exact) mass is 527 g/mol. The molecule has 0 aliphatic heterocycles. The van der Waals surface area contributed by atoms with Crippen molar-refractivity contribution in [2.75, 3.05) is 0 Å². The van der Waals surface area contributed by atoms with Crippen molar-refractivity contribution in [3.05, 3.63) is 103 Å². The number of nitrogens with zero attached hydrogens (tertiary/aromatic N) is 2. The summed E-state index contributed by atoms with van der Waals surface area (Å²) in [6.45, 7) is 0.389. The molecule has 166 valence electrons. The number of hydrogen-bond acceptors (Lipinski definition) is 6. The molecular weight excluding hydrogens is 514 g/mol. The second kappa shape index (κ2) is 9.85. The summed E-state index contributed by atoms with van der Waals surface area (Å²) in [5, 5.41) is 15.9. The minimum absolute atomic E-state index is 0.00484. The Labute approximate surface area is 201 Å². The molecule has 0 fully saturated rings. The average Bonchev–Trinajstić information content (AvgIpc) is 3.23. The Morgan fingerprint density at radius 1 is 1.15 bits per heavy atom. The van der Waals surface area contributed by atoms with Crippen LogP contribution in [0.4, 0.5) is 5.69 Å². The van der Waals surface area contributed by atoms with Gasteiger partial charge in [0.15, 0.2) is 5.76 Å². The van der Waals surface area contributed by atoms with Crippen LogP contribution in [0.25, 0.3) is 11.0 Å². The van der Waals surface area contributed by atoms with Crippen molar-refractivity contribution in [1.82, 2.24) is 5.43 Å². The first-order valence-electron chi connectivity index (χ1n) is 9.57. The van der Waals surface area contributed by atoms with Crippen LogP contribution in [0.1, 0.15) is 21.7 Å². The Bertz CT molecular complexity index is 1370. The summed E-state index contributed by atoms with van der Waals surface area (Å²) >= 11 is 9.35. The van der Waals surface area contributed by atoms with Gasteiger partial charge in [0.05, 0.1) is 15.6 Å². The molecule has 0 atom stereocenters. The van der Waals surface area contributed by atoms with Crippen LogP contribution < -0.4 is 10.2 Å². The lowest BCUT2D eigenvalue weighted by atomic mass is 10.2. The van der Waals surface area contributed by atoms with Gasteiger partial charge in [-0.15, -0.1) is 0 Å². The van der Waals surface area contributed by atoms with Gasteiger partial charge in [0.1, 0.15) is 17.9 Å². The van der Waals surface area contributed by atoms with E-state index in [2.05, 4.69) is 26.5 Å². The van der Waals surface area contributed by atoms with Crippen molar-refractivity contribution < 1.29 is 18.9 Å². The van der Waals surface area contributed by atoms with Crippen molar-refractivity contribution >= 4 is 56.3 Å². The van der Waals surface area contributed by atoms with E-state index in [1.165, 1.54) is 30.5 Å². The molecule has 0 aliphatic rings. The van der Waals surface area contributed by atoms with Crippen LogP contribution >= 0.6 is 27.5 Å². The number of hydrazone groups is 1. The van der Waals surface area contributed by atoms with Crippen LogP contribution in [0.3, 0.4) is 0 Å². The van der Waals surface area contributed by atoms with Gasteiger partial charge in [-0.2, -0.15) is 5.10 Å². The molecular formula is C23H15BrClN3O5. The largest absolute Gasteiger partial charge is 0.488 e. The molecule has 0 spiro atoms. The van der Waals surface area contributed by atoms with E-state index in [0.29, 0.717) is 28.3 Å². The molecule has 1 amide bonds. The molecule has 0 saturated carbocycles. The van der Waals surface area contributed by atoms with Gasteiger partial charge in [0.25, 0.3) is 5.69 Å². The van der Waals surface area contributed by atoms with Crippen LogP contribution in [0, 0.1) is 10.1 Å². The molecule has 4 rings (SSSR count). The number of amides is 1. The minimum atomic E-state index is -0.577. The van der Waals surface area contributed by atoms with Gasteiger partial charge in [0, 0.05) is 22.5 Å². The second-order valence-electron chi connectivity index (χ2n) is 6.89. The van der Waals surface area contributed by atoms with E-state index in [0.717, 1.165) is 15.6 Å². The number of nitro groups is 1. The lowest BCUT2D eigenvalue weighted by Crippen LogP contribution is -2.16. The van der Waals surface area contributed by atoms with Crippen molar-refractivity contribution in [3.8, 4) is 5.75 Å². The molecule has 1 heterocycles. The quantitative estimate of drug-likeness (QED) is 0.177. The number of fused-ring (bicyclic) bond motifs is 1. The number of carbonyl (C=O) groups excluding carboxylic acids is 1. The summed E-state index contributed by atoms with van der Waals surface area (Å²) < 4.78 is 12.0. The van der Waals surface area contributed by atoms with Crippen LogP contribution in [0.2, 0.25) is 5.02 Å². The number of nitrogens with one attached hydrogen (secondary N) is 1. The first-order chi connectivity index (χ1) is 15.9. The van der Waals surface area contributed by atoms with Crippen LogP contribution in [-0.4, -0.2) is 17.0 Å². The zero-order chi connectivity index (χ0) is 23.4. The van der Waals surface area contributed by atoms with Crippen molar-refractivity contribution in [2.24, 2.45) is 5.10 Å². The maximum atomic E-state index is 12.3. The predicted octanol–water partition coefficient (Wildman–Crippen LogP) is 6.10. The number of non-ortho nitro benzene ring substituents is 1. The normalized spacial score (nSPS) is 11.1. The first kappa shape index (κ1) is 22.5. The third-order valence-corrected chi connectivity index (χ3v) is 5.45. The Kier molecular flexibility index (Phi) is 6.71. The standard InChI is InChI=1S/C23H15BrClN3O5/c24-19-9-15(3-7-21(19)32-13-14-1-4-17(25)5-2-14)12-26-27-23(29)22-11-16-10-18(28(30)31)6-8-20(16)33-22/h1-12H,13H2,(H,27,29)/b26-12-. The Morgan fingerprint density at radius 2 is 1.94 bits per heavy atom. The Hall–Kier alpha value is -3.69. The SMILES string of the molecule is O=C(N/N=C\c1ccc(OCc2ccc(Cl)cc2)c(Br)c1)c1cc2cc([N+](=O)[O-])ccc2o1. The molecule has 10 heteroatoms. The lowest BCUT2D eigenvalue weighted by Gasteiger charge is -2.09. The fourth-order valence-corrected chi connectivity index (χ4v) is 3.57. The maximum Gasteiger partial charge on any atom is 0.307 e. The number of hydrogen-bond donors (Lipinski definition) is 1. The molecule has 0 radical (unpaired) electrons. The predicted molar refractivity (Wildman–Crippen MR) is 128 cm³/mol. The minimum Gasteiger partial charge on any atom is -0.488 e. The zero-order valence-corrected chi connectivity index (χ0v) is 19.2. The molecule has 33 heavy (non-hydrogen) atoms. The number of halogens is 2. The molecule has 3 aromatic carbocycles. The average molecular weight is 529 g/mol. The van der Waals surface area contributed by atoms with E-state index in [1.807, 2.05) is 12.1 Å². The highest BCUT2D eigenvalue weighted by Gasteiger charge is 2.14. The Balaban J connectivity index is 1.37. The van der Waals surface area contributed by atoms with Crippen LogP contribution in [0.15, 0.2) is 80.7 Å². The molecule has 0 saturated heterocycles. The van der Waals surface area contributed by atoms with E-state index in [9.17, 15) is 14.9 Å². The smallest absolute Gasteiger partial charge is 0.307 e. The van der Waals surface area contributed by atoms with E-state index in [1.54, 1.807) is 30.3 Å². The summed E-state index contributed by atoms with van der Waals surface area (Å²) in [5.74, 6) is 0.0735. The molecule has 0 aliphatic carbocycles. The lowest BCUT2D eigenvalue weighted by molar-refractivity contribution is -0.384. The highest BCUT2D eigenvalue weighted by molar-refractivity contribution is 9.10. The summed E-state index contributed by atoms with van der Waals surface area (Å²) in [4.78, 5) is 22.7. The van der Waals surface area contributed by atoms with Gasteiger partial charge in [0.2, 0.25) is 0 Å². The number of nitro benzene ring substituents is 1. The van der Waals surface area contributed by atoms with Crippen molar-refractivity contribution in [3.63, 3.8) is 0 Å². The van der Waals surface area contributed by atoms with Crippen molar-refractivity contribution in [2.45, 2.75) is 6.61 Å². The topological polar surface area (TPSA) is 107 Å². The summed E-state index contributed by atoms with van der Waals surface area (Å²) in [6.07, 6.45) is 1.47. The number of furan rings is 1. The van der Waals surface area contributed by atoms with Gasteiger partial charge in [-0.25, -0.2) is 5.43 Å². The molecule has 0 unspecified atom stereocenters. The molecule has 1 N–H and O–H groups in total. The van der Waals surface area contributed by atoms with Crippen LogP contribution in [0.5, 0.6) is 5.75 Å². The fourth-order valence-electron chi connectivity index (χ4n) is 2.93. The molecule has 0 bridgehead atoms. The Morgan fingerprint density at radius 3 is 2.67 bits per heavy atom. The number of ether oxygens (including phenoxy) is 1. The fraction of sp³-hybridized carbons (Fsp3) is 0.0435. The van der Waals surface area contributed by atoms with Gasteiger partial charge < -0.3 is 9.15 Å². The van der Waals surface area contributed by atoms with Crippen LogP contribution in [-0.2, 0) is 6.61 Å². The molecule has 1 aromatic heterocycles. The summed E-state index contributed by atoms with van der Waals surface area (Å²) in [6, 6.07) is 18.3. The highest BCUT2D eigenvalue weighted by atomic mass is 79.9. The first-order valence-corrected chi connectivity index (χ1v) is 10.7. The van der Waals surface area contributed by atoms with Gasteiger partial charge in [-0.05, 0) is 69.5 Å². The maximum absolute atomic E-state index is 12.3. The van der Waals surface area contributed by atoms with Gasteiger partial charge >= 0.3 is 5.91 Å². The number of benzene rings is 3. The van der Waals surface area contributed by atoms with Crippen molar-refractivity contribution in [1.29, 1.82) is 0 Å². The van der Waals surface area contributed by atoms with E-state index in [-0.39, 0.29) is 11.4 Å². The molecule has 8 nitrogen and oxygen atoms in total. The zero-order valence-electron chi connectivity index (χ0n) is 16.8. The van der Waals surface area contributed by atoms with E-state index >= 15 is 0 Å². The molecule has 4 aromatic rings. The number of rotatable bonds is 7. The van der Waals surface area contributed by atoms with Gasteiger partial charge in [-0.3, -0.25) is 14.9 Å². The number of carbonyl (C=O) groups is 1. The third-order valence-electron chi connectivity index (χ3n) is 4.58. The van der Waals surface area contributed by atoms with Gasteiger partial charge in [-0.1, -0.05) is 23.7 Å². The van der Waals surface area contributed by atoms with E-state index < -0.39 is 10.8 Å². The second-order valence-corrected chi connectivity index (χ2v) is 8.18.